The Morgan fingerprint density at radius 1 is 1.23 bits per heavy atom. The van der Waals surface area contributed by atoms with Crippen molar-refractivity contribution in [3.8, 4) is 0 Å². The zero-order valence-electron chi connectivity index (χ0n) is 15.6. The topological polar surface area (TPSA) is 48.9 Å². The first-order valence-corrected chi connectivity index (χ1v) is 8.64. The number of guanidine groups is 1. The van der Waals surface area contributed by atoms with Crippen LogP contribution >= 0.6 is 24.0 Å². The summed E-state index contributed by atoms with van der Waals surface area (Å²) in [4.78, 5) is 6.58. The van der Waals surface area contributed by atoms with E-state index in [1.807, 2.05) is 0 Å². The van der Waals surface area contributed by atoms with E-state index < -0.39 is 11.6 Å². The SMILES string of the molecule is CN=C(NCCc1cccc(F)c1F)NCC(C)(C)N1CCOCC1.I. The molecule has 148 valence electrons. The van der Waals surface area contributed by atoms with E-state index >= 15 is 0 Å². The smallest absolute Gasteiger partial charge is 0.191 e. The lowest BCUT2D eigenvalue weighted by atomic mass is 10.0. The van der Waals surface area contributed by atoms with E-state index in [1.165, 1.54) is 6.07 Å². The molecule has 2 rings (SSSR count). The predicted molar refractivity (Wildman–Crippen MR) is 111 cm³/mol. The fourth-order valence-corrected chi connectivity index (χ4v) is 2.86. The van der Waals surface area contributed by atoms with Gasteiger partial charge in [-0.2, -0.15) is 0 Å². The van der Waals surface area contributed by atoms with E-state index in [0.717, 1.165) is 38.9 Å². The molecule has 0 aliphatic carbocycles. The Kier molecular flexibility index (Phi) is 9.73. The highest BCUT2D eigenvalue weighted by atomic mass is 127. The largest absolute Gasteiger partial charge is 0.379 e. The Balaban J connectivity index is 0.00000338. The lowest BCUT2D eigenvalue weighted by Crippen LogP contribution is -2.56. The molecule has 0 atom stereocenters. The third-order valence-corrected chi connectivity index (χ3v) is 4.50. The predicted octanol–water partition coefficient (Wildman–Crippen LogP) is 2.40. The first-order valence-electron chi connectivity index (χ1n) is 8.64. The van der Waals surface area contributed by atoms with E-state index in [-0.39, 0.29) is 29.5 Å². The van der Waals surface area contributed by atoms with Gasteiger partial charge < -0.3 is 15.4 Å². The molecule has 26 heavy (non-hydrogen) atoms. The molecule has 0 unspecified atom stereocenters. The summed E-state index contributed by atoms with van der Waals surface area (Å²) < 4.78 is 32.3. The minimum Gasteiger partial charge on any atom is -0.379 e. The third kappa shape index (κ3) is 6.62. The molecule has 1 aromatic rings. The number of hydrogen-bond acceptors (Lipinski definition) is 3. The van der Waals surface area contributed by atoms with Crippen LogP contribution in [0, 0.1) is 11.6 Å². The van der Waals surface area contributed by atoms with Gasteiger partial charge in [0.05, 0.1) is 13.2 Å². The van der Waals surface area contributed by atoms with Gasteiger partial charge in [0.2, 0.25) is 0 Å². The van der Waals surface area contributed by atoms with Crippen LogP contribution in [0.25, 0.3) is 0 Å². The maximum atomic E-state index is 13.7. The van der Waals surface area contributed by atoms with Gasteiger partial charge in [0, 0.05) is 38.8 Å². The third-order valence-electron chi connectivity index (χ3n) is 4.50. The van der Waals surface area contributed by atoms with Crippen molar-refractivity contribution >= 4 is 29.9 Å². The number of morpholine rings is 1. The van der Waals surface area contributed by atoms with Gasteiger partial charge in [-0.3, -0.25) is 9.89 Å². The van der Waals surface area contributed by atoms with Crippen molar-refractivity contribution < 1.29 is 13.5 Å². The van der Waals surface area contributed by atoms with Gasteiger partial charge in [0.25, 0.3) is 0 Å². The first kappa shape index (κ1) is 23.0. The first-order chi connectivity index (χ1) is 11.9. The van der Waals surface area contributed by atoms with E-state index in [2.05, 4.69) is 34.4 Å². The second-order valence-corrected chi connectivity index (χ2v) is 6.73. The molecule has 0 amide bonds. The zero-order chi connectivity index (χ0) is 18.3. The number of hydrogen-bond donors (Lipinski definition) is 2. The Bertz CT molecular complexity index is 593. The van der Waals surface area contributed by atoms with Gasteiger partial charge in [0.1, 0.15) is 0 Å². The van der Waals surface area contributed by atoms with Crippen LogP contribution in [0.2, 0.25) is 0 Å². The average Bonchev–Trinajstić information content (AvgIpc) is 2.62. The van der Waals surface area contributed by atoms with Crippen molar-refractivity contribution in [3.63, 3.8) is 0 Å². The standard InChI is InChI=1S/C18H28F2N4O.HI/c1-18(2,24-9-11-25-12-10-24)13-23-17(21-3)22-8-7-14-5-4-6-15(19)16(14)20;/h4-6H,7-13H2,1-3H3,(H2,21,22,23);1H. The highest BCUT2D eigenvalue weighted by molar-refractivity contribution is 14.0. The summed E-state index contributed by atoms with van der Waals surface area (Å²) in [6.07, 6.45) is 0.386. The molecule has 5 nitrogen and oxygen atoms in total. The van der Waals surface area contributed by atoms with Crippen LogP contribution in [0.1, 0.15) is 19.4 Å². The van der Waals surface area contributed by atoms with Crippen LogP contribution in [-0.2, 0) is 11.2 Å². The number of aliphatic imine (C=N–C) groups is 1. The van der Waals surface area contributed by atoms with Gasteiger partial charge in [-0.05, 0) is 31.9 Å². The molecule has 1 aliphatic heterocycles. The fraction of sp³-hybridized carbons (Fsp3) is 0.611. The summed E-state index contributed by atoms with van der Waals surface area (Å²) in [5.41, 5.74) is 0.326. The van der Waals surface area contributed by atoms with Crippen LogP contribution in [0.5, 0.6) is 0 Å². The maximum Gasteiger partial charge on any atom is 0.191 e. The van der Waals surface area contributed by atoms with Gasteiger partial charge in [-0.15, -0.1) is 24.0 Å². The number of ether oxygens (including phenoxy) is 1. The molecule has 1 saturated heterocycles. The Morgan fingerprint density at radius 3 is 2.58 bits per heavy atom. The Hall–Kier alpha value is -1.00. The minimum absolute atomic E-state index is 0. The molecule has 1 aliphatic rings. The average molecular weight is 482 g/mol. The summed E-state index contributed by atoms with van der Waals surface area (Å²) in [5.74, 6) is -0.939. The summed E-state index contributed by atoms with van der Waals surface area (Å²) in [6, 6.07) is 4.24. The number of rotatable bonds is 6. The molecule has 0 bridgehead atoms. The van der Waals surface area contributed by atoms with Crippen molar-refractivity contribution in [3.05, 3.63) is 35.4 Å². The van der Waals surface area contributed by atoms with Crippen molar-refractivity contribution in [2.24, 2.45) is 4.99 Å². The van der Waals surface area contributed by atoms with Gasteiger partial charge >= 0.3 is 0 Å². The van der Waals surface area contributed by atoms with Crippen LogP contribution in [0.15, 0.2) is 23.2 Å². The second kappa shape index (κ2) is 11.0. The maximum absolute atomic E-state index is 13.7. The van der Waals surface area contributed by atoms with Crippen LogP contribution in [0.4, 0.5) is 8.78 Å². The van der Waals surface area contributed by atoms with Crippen LogP contribution < -0.4 is 10.6 Å². The van der Waals surface area contributed by atoms with Crippen LogP contribution in [0.3, 0.4) is 0 Å². The zero-order valence-corrected chi connectivity index (χ0v) is 18.0. The molecule has 0 radical (unpaired) electrons. The van der Waals surface area contributed by atoms with E-state index in [4.69, 9.17) is 4.74 Å². The number of nitrogens with zero attached hydrogens (tertiary/aromatic N) is 2. The minimum atomic E-state index is -0.813. The molecular formula is C18H29F2IN4O. The van der Waals surface area contributed by atoms with Crippen molar-refractivity contribution in [2.45, 2.75) is 25.8 Å². The second-order valence-electron chi connectivity index (χ2n) is 6.73. The molecule has 0 saturated carbocycles. The van der Waals surface area contributed by atoms with Crippen molar-refractivity contribution in [1.29, 1.82) is 0 Å². The summed E-state index contributed by atoms with van der Waals surface area (Å²) in [6.45, 7) is 8.91. The molecule has 0 aromatic heterocycles. The fourth-order valence-electron chi connectivity index (χ4n) is 2.86. The highest BCUT2D eigenvalue weighted by Gasteiger charge is 2.28. The summed E-state index contributed by atoms with van der Waals surface area (Å²) >= 11 is 0. The molecule has 1 fully saturated rings. The molecule has 2 N–H and O–H groups in total. The lowest BCUT2D eigenvalue weighted by molar-refractivity contribution is -0.00833. The quantitative estimate of drug-likeness (QED) is 0.372. The Labute approximate surface area is 171 Å². The van der Waals surface area contributed by atoms with Crippen molar-refractivity contribution in [2.75, 3.05) is 46.4 Å². The van der Waals surface area contributed by atoms with Gasteiger partial charge in [-0.25, -0.2) is 8.78 Å². The highest BCUT2D eigenvalue weighted by Crippen LogP contribution is 2.15. The van der Waals surface area contributed by atoms with Crippen molar-refractivity contribution in [1.82, 2.24) is 15.5 Å². The lowest BCUT2D eigenvalue weighted by Gasteiger charge is -2.41. The van der Waals surface area contributed by atoms with Gasteiger partial charge in [0.15, 0.2) is 17.6 Å². The van der Waals surface area contributed by atoms with E-state index in [9.17, 15) is 8.78 Å². The summed E-state index contributed by atoms with van der Waals surface area (Å²) in [7, 11) is 1.69. The monoisotopic (exact) mass is 482 g/mol. The normalized spacial score (nSPS) is 16.1. The van der Waals surface area contributed by atoms with Crippen LogP contribution in [-0.4, -0.2) is 62.8 Å². The molecule has 1 heterocycles. The number of nitrogens with one attached hydrogen (secondary N) is 2. The van der Waals surface area contributed by atoms with E-state index in [1.54, 1.807) is 13.1 Å². The molecular weight excluding hydrogens is 453 g/mol. The summed E-state index contributed by atoms with van der Waals surface area (Å²) in [5, 5.41) is 6.45. The molecule has 1 aromatic carbocycles. The molecule has 8 heteroatoms. The number of halogens is 3. The van der Waals surface area contributed by atoms with Gasteiger partial charge in [-0.1, -0.05) is 12.1 Å². The van der Waals surface area contributed by atoms with E-state index in [0.29, 0.717) is 24.5 Å². The number of benzene rings is 1. The Morgan fingerprint density at radius 2 is 1.92 bits per heavy atom. The molecule has 0 spiro atoms.